The molecule has 0 saturated heterocycles. The van der Waals surface area contributed by atoms with Crippen molar-refractivity contribution in [3.8, 4) is 0 Å². The largest absolute Gasteiger partial charge is 0.388 e. The minimum absolute atomic E-state index is 0.109. The molecule has 2 N–H and O–H groups in total. The second-order valence-electron chi connectivity index (χ2n) is 5.72. The first kappa shape index (κ1) is 15.4. The van der Waals surface area contributed by atoms with E-state index >= 15 is 0 Å². The van der Waals surface area contributed by atoms with E-state index < -0.39 is 10.5 Å². The van der Waals surface area contributed by atoms with Crippen LogP contribution in [-0.4, -0.2) is 28.1 Å². The number of carbonyl (C=O) groups excluding carboxylic acids is 1. The number of aliphatic hydroxyl groups is 1. The normalized spacial score (nSPS) is 17.2. The molecule has 6 nitrogen and oxygen atoms in total. The summed E-state index contributed by atoms with van der Waals surface area (Å²) in [5.41, 5.74) is 0.00202. The summed E-state index contributed by atoms with van der Waals surface area (Å²) in [5.74, 6) is -0.379. The number of nitrogens with one attached hydrogen (secondary N) is 1. The molecule has 2 rings (SSSR count). The lowest BCUT2D eigenvalue weighted by Crippen LogP contribution is -2.44. The summed E-state index contributed by atoms with van der Waals surface area (Å²) >= 11 is 0. The SMILES string of the molecule is Cc1ccc([N+](=O)[O-])cc1C(=O)NCC1(O)CCCCC1. The van der Waals surface area contributed by atoms with E-state index in [4.69, 9.17) is 0 Å². The monoisotopic (exact) mass is 292 g/mol. The summed E-state index contributed by atoms with van der Waals surface area (Å²) in [6.45, 7) is 1.92. The second-order valence-corrected chi connectivity index (χ2v) is 5.72. The third-order valence-corrected chi connectivity index (χ3v) is 4.04. The predicted molar refractivity (Wildman–Crippen MR) is 78.2 cm³/mol. The van der Waals surface area contributed by atoms with Crippen LogP contribution in [0.4, 0.5) is 5.69 Å². The van der Waals surface area contributed by atoms with Gasteiger partial charge in [0.15, 0.2) is 0 Å². The Hall–Kier alpha value is -1.95. The highest BCUT2D eigenvalue weighted by Crippen LogP contribution is 2.27. The predicted octanol–water partition coefficient (Wildman–Crippen LogP) is 2.33. The first-order chi connectivity index (χ1) is 9.91. The molecule has 0 heterocycles. The van der Waals surface area contributed by atoms with Gasteiger partial charge in [-0.1, -0.05) is 25.3 Å². The number of hydrogen-bond acceptors (Lipinski definition) is 4. The molecule has 1 saturated carbocycles. The fourth-order valence-corrected chi connectivity index (χ4v) is 2.69. The van der Waals surface area contributed by atoms with Gasteiger partial charge in [0.05, 0.1) is 10.5 Å². The number of nitro benzene ring substituents is 1. The Morgan fingerprint density at radius 2 is 2.05 bits per heavy atom. The fraction of sp³-hybridized carbons (Fsp3) is 0.533. The highest BCUT2D eigenvalue weighted by Gasteiger charge is 2.29. The highest BCUT2D eigenvalue weighted by atomic mass is 16.6. The van der Waals surface area contributed by atoms with Crippen LogP contribution < -0.4 is 5.32 Å². The van der Waals surface area contributed by atoms with Crippen molar-refractivity contribution < 1.29 is 14.8 Å². The molecule has 1 aromatic rings. The van der Waals surface area contributed by atoms with Gasteiger partial charge in [-0.05, 0) is 25.3 Å². The average Bonchev–Trinajstić information content (AvgIpc) is 2.46. The van der Waals surface area contributed by atoms with Gasteiger partial charge in [0.2, 0.25) is 0 Å². The van der Waals surface area contributed by atoms with Crippen molar-refractivity contribution in [2.45, 2.75) is 44.6 Å². The molecule has 114 valence electrons. The summed E-state index contributed by atoms with van der Waals surface area (Å²) < 4.78 is 0. The zero-order valence-corrected chi connectivity index (χ0v) is 12.1. The van der Waals surface area contributed by atoms with Crippen molar-refractivity contribution in [1.82, 2.24) is 5.32 Å². The number of carbonyl (C=O) groups is 1. The number of nitrogens with zero attached hydrogens (tertiary/aromatic N) is 1. The van der Waals surface area contributed by atoms with E-state index in [1.807, 2.05) is 0 Å². The summed E-state index contributed by atoms with van der Waals surface area (Å²) in [6, 6.07) is 4.21. The molecule has 0 spiro atoms. The Bertz CT molecular complexity index is 551. The van der Waals surface area contributed by atoms with E-state index in [1.54, 1.807) is 13.0 Å². The number of nitro groups is 1. The number of amides is 1. The number of benzene rings is 1. The maximum absolute atomic E-state index is 12.2. The first-order valence-corrected chi connectivity index (χ1v) is 7.17. The van der Waals surface area contributed by atoms with Gasteiger partial charge in [-0.15, -0.1) is 0 Å². The Kier molecular flexibility index (Phi) is 4.57. The van der Waals surface area contributed by atoms with Crippen molar-refractivity contribution in [3.63, 3.8) is 0 Å². The minimum atomic E-state index is -0.845. The van der Waals surface area contributed by atoms with Crippen LogP contribution in [0.15, 0.2) is 18.2 Å². The molecule has 0 aromatic heterocycles. The van der Waals surface area contributed by atoms with E-state index in [0.717, 1.165) is 19.3 Å². The molecule has 0 aliphatic heterocycles. The van der Waals surface area contributed by atoms with Gasteiger partial charge in [0.25, 0.3) is 11.6 Å². The fourth-order valence-electron chi connectivity index (χ4n) is 2.69. The van der Waals surface area contributed by atoms with Crippen LogP contribution in [0.3, 0.4) is 0 Å². The molecule has 1 aliphatic carbocycles. The van der Waals surface area contributed by atoms with Gasteiger partial charge in [-0.3, -0.25) is 14.9 Å². The number of non-ortho nitro benzene ring substituents is 1. The van der Waals surface area contributed by atoms with Gasteiger partial charge in [0.1, 0.15) is 0 Å². The number of rotatable bonds is 4. The maximum atomic E-state index is 12.2. The Labute approximate surface area is 123 Å². The summed E-state index contributed by atoms with van der Waals surface area (Å²) in [6.07, 6.45) is 4.40. The lowest BCUT2D eigenvalue weighted by molar-refractivity contribution is -0.384. The number of hydrogen-bond donors (Lipinski definition) is 2. The molecule has 1 amide bonds. The van der Waals surface area contributed by atoms with Crippen molar-refractivity contribution >= 4 is 11.6 Å². The van der Waals surface area contributed by atoms with Gasteiger partial charge < -0.3 is 10.4 Å². The topological polar surface area (TPSA) is 92.5 Å². The Morgan fingerprint density at radius 3 is 2.67 bits per heavy atom. The zero-order chi connectivity index (χ0) is 15.5. The molecule has 1 fully saturated rings. The van der Waals surface area contributed by atoms with Crippen molar-refractivity contribution in [3.05, 3.63) is 39.4 Å². The first-order valence-electron chi connectivity index (χ1n) is 7.17. The van der Waals surface area contributed by atoms with E-state index in [9.17, 15) is 20.0 Å². The molecule has 0 bridgehead atoms. The summed E-state index contributed by atoms with van der Waals surface area (Å²) in [5, 5.41) is 23.8. The van der Waals surface area contributed by atoms with Crippen LogP contribution in [0.25, 0.3) is 0 Å². The Balaban J connectivity index is 2.06. The van der Waals surface area contributed by atoms with Crippen LogP contribution in [0.1, 0.15) is 48.0 Å². The van der Waals surface area contributed by atoms with Crippen LogP contribution in [0, 0.1) is 17.0 Å². The van der Waals surface area contributed by atoms with Gasteiger partial charge in [0, 0.05) is 24.2 Å². The van der Waals surface area contributed by atoms with E-state index in [2.05, 4.69) is 5.32 Å². The summed E-state index contributed by atoms with van der Waals surface area (Å²) in [7, 11) is 0. The molecule has 0 radical (unpaired) electrons. The average molecular weight is 292 g/mol. The van der Waals surface area contributed by atoms with Gasteiger partial charge >= 0.3 is 0 Å². The third-order valence-electron chi connectivity index (χ3n) is 4.04. The van der Waals surface area contributed by atoms with Crippen LogP contribution in [-0.2, 0) is 0 Å². The molecule has 0 atom stereocenters. The van der Waals surface area contributed by atoms with Crippen molar-refractivity contribution in [2.75, 3.05) is 6.54 Å². The molecule has 6 heteroatoms. The van der Waals surface area contributed by atoms with Gasteiger partial charge in [-0.25, -0.2) is 0 Å². The van der Waals surface area contributed by atoms with E-state index in [1.165, 1.54) is 12.1 Å². The summed E-state index contributed by atoms with van der Waals surface area (Å²) in [4.78, 5) is 22.4. The molecule has 0 unspecified atom stereocenters. The van der Waals surface area contributed by atoms with Crippen LogP contribution in [0.2, 0.25) is 0 Å². The van der Waals surface area contributed by atoms with Crippen molar-refractivity contribution in [2.24, 2.45) is 0 Å². The second kappa shape index (κ2) is 6.22. The Morgan fingerprint density at radius 1 is 1.38 bits per heavy atom. The van der Waals surface area contributed by atoms with E-state index in [-0.39, 0.29) is 23.7 Å². The lowest BCUT2D eigenvalue weighted by Gasteiger charge is -2.32. The lowest BCUT2D eigenvalue weighted by atomic mass is 9.85. The molecular formula is C15H20N2O4. The quantitative estimate of drug-likeness (QED) is 0.658. The highest BCUT2D eigenvalue weighted by molar-refractivity contribution is 5.96. The minimum Gasteiger partial charge on any atom is -0.388 e. The maximum Gasteiger partial charge on any atom is 0.270 e. The van der Waals surface area contributed by atoms with Crippen LogP contribution in [0.5, 0.6) is 0 Å². The smallest absolute Gasteiger partial charge is 0.270 e. The van der Waals surface area contributed by atoms with Gasteiger partial charge in [-0.2, -0.15) is 0 Å². The van der Waals surface area contributed by atoms with Crippen molar-refractivity contribution in [1.29, 1.82) is 0 Å². The molecule has 1 aromatic carbocycles. The van der Waals surface area contributed by atoms with Crippen LogP contribution >= 0.6 is 0 Å². The molecule has 21 heavy (non-hydrogen) atoms. The van der Waals surface area contributed by atoms with E-state index in [0.29, 0.717) is 18.4 Å². The zero-order valence-electron chi connectivity index (χ0n) is 12.1. The standard InChI is InChI=1S/C15H20N2O4/c1-11-5-6-12(17(20)21)9-13(11)14(18)16-10-15(19)7-3-2-4-8-15/h5-6,9,19H,2-4,7-8,10H2,1H3,(H,16,18). The number of aryl methyl sites for hydroxylation is 1. The molecular weight excluding hydrogens is 272 g/mol. The third kappa shape index (κ3) is 3.78. The molecule has 1 aliphatic rings.